The van der Waals surface area contributed by atoms with Crippen molar-refractivity contribution in [3.63, 3.8) is 0 Å². The molecule has 0 aliphatic heterocycles. The number of hydrogen-bond donors (Lipinski definition) is 0. The number of alkyl halides is 1. The molecule has 0 aromatic carbocycles. The lowest BCUT2D eigenvalue weighted by atomic mass is 10.3. The Hall–Kier alpha value is 0.230. The van der Waals surface area contributed by atoms with Crippen LogP contribution in [0.25, 0.3) is 0 Å². The normalized spacial score (nSPS) is 16.6. The molecule has 1 aromatic rings. The van der Waals surface area contributed by atoms with E-state index in [0.29, 0.717) is 4.34 Å². The van der Waals surface area contributed by atoms with Gasteiger partial charge in [0.05, 0.1) is 15.0 Å². The molecule has 14 heavy (non-hydrogen) atoms. The molecule has 1 rings (SSSR count). The van der Waals surface area contributed by atoms with Gasteiger partial charge in [-0.2, -0.15) is 0 Å². The van der Waals surface area contributed by atoms with Crippen LogP contribution >= 0.6 is 34.5 Å². The SMILES string of the molecule is CC(C(Cl)c1ccc(Cl)s1)S(C)(=O)=O. The molecule has 0 radical (unpaired) electrons. The van der Waals surface area contributed by atoms with Crippen molar-refractivity contribution in [3.05, 3.63) is 21.3 Å². The van der Waals surface area contributed by atoms with Crippen LogP contribution in [0.3, 0.4) is 0 Å². The Labute approximate surface area is 97.8 Å². The minimum atomic E-state index is -3.11. The average molecular weight is 273 g/mol. The molecule has 2 nitrogen and oxygen atoms in total. The van der Waals surface area contributed by atoms with E-state index in [2.05, 4.69) is 0 Å². The molecular formula is C8H10Cl2O2S2. The van der Waals surface area contributed by atoms with Crippen LogP contribution < -0.4 is 0 Å². The lowest BCUT2D eigenvalue weighted by molar-refractivity contribution is 0.587. The molecule has 0 amide bonds. The summed E-state index contributed by atoms with van der Waals surface area (Å²) in [5, 5.41) is -1.12. The summed E-state index contributed by atoms with van der Waals surface area (Å²) >= 11 is 13.1. The van der Waals surface area contributed by atoms with Gasteiger partial charge < -0.3 is 0 Å². The number of halogens is 2. The molecule has 6 heteroatoms. The first kappa shape index (κ1) is 12.3. The summed E-state index contributed by atoms with van der Waals surface area (Å²) in [5.41, 5.74) is 0. The quantitative estimate of drug-likeness (QED) is 0.793. The third kappa shape index (κ3) is 2.86. The van der Waals surface area contributed by atoms with E-state index in [1.54, 1.807) is 19.1 Å². The van der Waals surface area contributed by atoms with E-state index >= 15 is 0 Å². The Bertz CT molecular complexity index is 411. The average Bonchev–Trinajstić information content (AvgIpc) is 2.47. The third-order valence-electron chi connectivity index (χ3n) is 1.95. The van der Waals surface area contributed by atoms with E-state index in [-0.39, 0.29) is 0 Å². The van der Waals surface area contributed by atoms with Crippen molar-refractivity contribution in [3.8, 4) is 0 Å². The van der Waals surface area contributed by atoms with Gasteiger partial charge in [-0.15, -0.1) is 22.9 Å². The summed E-state index contributed by atoms with van der Waals surface area (Å²) in [4.78, 5) is 0.787. The van der Waals surface area contributed by atoms with Crippen molar-refractivity contribution in [1.82, 2.24) is 0 Å². The van der Waals surface area contributed by atoms with Crippen LogP contribution in [0, 0.1) is 0 Å². The second-order valence-electron chi connectivity index (χ2n) is 3.08. The zero-order chi connectivity index (χ0) is 10.9. The van der Waals surface area contributed by atoms with Crippen molar-refractivity contribution < 1.29 is 8.42 Å². The molecule has 2 atom stereocenters. The molecule has 0 aliphatic rings. The second kappa shape index (κ2) is 4.39. The molecule has 1 heterocycles. The molecule has 0 N–H and O–H groups in total. The highest BCUT2D eigenvalue weighted by Gasteiger charge is 2.26. The van der Waals surface area contributed by atoms with Crippen LogP contribution in [0.1, 0.15) is 17.2 Å². The summed E-state index contributed by atoms with van der Waals surface area (Å²) < 4.78 is 23.1. The van der Waals surface area contributed by atoms with Gasteiger partial charge in [0.1, 0.15) is 0 Å². The van der Waals surface area contributed by atoms with E-state index in [1.165, 1.54) is 17.6 Å². The van der Waals surface area contributed by atoms with Gasteiger partial charge in [-0.05, 0) is 19.1 Å². The number of hydrogen-bond acceptors (Lipinski definition) is 3. The molecule has 0 saturated heterocycles. The van der Waals surface area contributed by atoms with Gasteiger partial charge in [0, 0.05) is 11.1 Å². The van der Waals surface area contributed by atoms with E-state index < -0.39 is 20.5 Å². The van der Waals surface area contributed by atoms with Crippen LogP contribution in [-0.4, -0.2) is 19.9 Å². The number of sulfone groups is 1. The lowest BCUT2D eigenvalue weighted by Crippen LogP contribution is -2.20. The maximum Gasteiger partial charge on any atom is 0.151 e. The minimum Gasteiger partial charge on any atom is -0.229 e. The van der Waals surface area contributed by atoms with Gasteiger partial charge in [0.2, 0.25) is 0 Å². The van der Waals surface area contributed by atoms with Crippen molar-refractivity contribution in [2.24, 2.45) is 0 Å². The monoisotopic (exact) mass is 272 g/mol. The first-order chi connectivity index (χ1) is 6.32. The molecule has 0 bridgehead atoms. The fourth-order valence-corrected chi connectivity index (χ4v) is 3.50. The van der Waals surface area contributed by atoms with E-state index in [9.17, 15) is 8.42 Å². The smallest absolute Gasteiger partial charge is 0.151 e. The van der Waals surface area contributed by atoms with Gasteiger partial charge in [-0.1, -0.05) is 11.6 Å². The lowest BCUT2D eigenvalue weighted by Gasteiger charge is -2.14. The molecule has 0 fully saturated rings. The Balaban J connectivity index is 2.91. The molecular weight excluding hydrogens is 263 g/mol. The van der Waals surface area contributed by atoms with Crippen molar-refractivity contribution in [2.75, 3.05) is 6.26 Å². The predicted molar refractivity (Wildman–Crippen MR) is 62.2 cm³/mol. The highest BCUT2D eigenvalue weighted by Crippen LogP contribution is 2.34. The summed E-state index contributed by atoms with van der Waals surface area (Å²) in [7, 11) is -3.11. The Morgan fingerprint density at radius 1 is 1.43 bits per heavy atom. The fraction of sp³-hybridized carbons (Fsp3) is 0.500. The first-order valence-electron chi connectivity index (χ1n) is 3.90. The summed E-state index contributed by atoms with van der Waals surface area (Å²) in [5.74, 6) is 0. The summed E-state index contributed by atoms with van der Waals surface area (Å²) in [6, 6.07) is 3.47. The standard InChI is InChI=1S/C8H10Cl2O2S2/c1-5(14(2,11)12)8(10)6-3-4-7(9)13-6/h3-5,8H,1-2H3. The zero-order valence-electron chi connectivity index (χ0n) is 7.70. The molecule has 80 valence electrons. The van der Waals surface area contributed by atoms with Crippen molar-refractivity contribution >= 4 is 44.4 Å². The van der Waals surface area contributed by atoms with E-state index in [4.69, 9.17) is 23.2 Å². The van der Waals surface area contributed by atoms with Gasteiger partial charge >= 0.3 is 0 Å². The molecule has 0 spiro atoms. The van der Waals surface area contributed by atoms with Gasteiger partial charge in [0.25, 0.3) is 0 Å². The molecule has 0 saturated carbocycles. The van der Waals surface area contributed by atoms with Crippen molar-refractivity contribution in [1.29, 1.82) is 0 Å². The van der Waals surface area contributed by atoms with Crippen LogP contribution in [0.4, 0.5) is 0 Å². The Morgan fingerprint density at radius 3 is 2.36 bits per heavy atom. The van der Waals surface area contributed by atoms with Crippen LogP contribution in [0.2, 0.25) is 4.34 Å². The van der Waals surface area contributed by atoms with Gasteiger partial charge in [-0.25, -0.2) is 8.42 Å². The number of thiophene rings is 1. The minimum absolute atomic E-state index is 0.525. The van der Waals surface area contributed by atoms with Crippen molar-refractivity contribution in [2.45, 2.75) is 17.6 Å². The van der Waals surface area contributed by atoms with E-state index in [1.807, 2.05) is 0 Å². The van der Waals surface area contributed by atoms with E-state index in [0.717, 1.165) is 4.88 Å². The summed E-state index contributed by atoms with van der Waals surface area (Å²) in [6.07, 6.45) is 1.18. The topological polar surface area (TPSA) is 34.1 Å². The Morgan fingerprint density at radius 2 is 2.00 bits per heavy atom. The predicted octanol–water partition coefficient (Wildman–Crippen LogP) is 3.11. The van der Waals surface area contributed by atoms with Gasteiger partial charge in [0.15, 0.2) is 9.84 Å². The summed E-state index contributed by atoms with van der Waals surface area (Å²) in [6.45, 7) is 1.60. The van der Waals surface area contributed by atoms with Gasteiger partial charge in [-0.3, -0.25) is 0 Å². The van der Waals surface area contributed by atoms with Crippen LogP contribution in [-0.2, 0) is 9.84 Å². The largest absolute Gasteiger partial charge is 0.229 e. The van der Waals surface area contributed by atoms with Crippen LogP contribution in [0.15, 0.2) is 12.1 Å². The highest BCUT2D eigenvalue weighted by atomic mass is 35.5. The maximum atomic E-state index is 11.2. The molecule has 2 unspecified atom stereocenters. The second-order valence-corrected chi connectivity index (χ2v) is 7.70. The number of rotatable bonds is 3. The fourth-order valence-electron chi connectivity index (χ4n) is 0.925. The van der Waals surface area contributed by atoms with Crippen LogP contribution in [0.5, 0.6) is 0 Å². The zero-order valence-corrected chi connectivity index (χ0v) is 10.8. The Kier molecular flexibility index (Phi) is 3.86. The highest BCUT2D eigenvalue weighted by molar-refractivity contribution is 7.91. The maximum absolute atomic E-state index is 11.2. The molecule has 0 aliphatic carbocycles. The molecule has 1 aromatic heterocycles. The first-order valence-corrected chi connectivity index (χ1v) is 7.49. The third-order valence-corrected chi connectivity index (χ3v) is 5.78.